The molecule has 0 saturated heterocycles. The van der Waals surface area contributed by atoms with Crippen LogP contribution in [0.4, 0.5) is 0 Å². The molecule has 2 aromatic rings. The first kappa shape index (κ1) is 14.2. The third-order valence-corrected chi connectivity index (χ3v) is 4.08. The van der Waals surface area contributed by atoms with Gasteiger partial charge in [0.2, 0.25) is 0 Å². The normalized spacial score (nSPS) is 15.7. The lowest BCUT2D eigenvalue weighted by atomic mass is 9.99. The van der Waals surface area contributed by atoms with Crippen LogP contribution in [-0.4, -0.2) is 13.2 Å². The lowest BCUT2D eigenvalue weighted by molar-refractivity contribution is 0.303. The SMILES string of the molecule is CCC(NC)c1ccc(-c2ccc(OC3CC3)cc2)cc1. The second-order valence-electron chi connectivity index (χ2n) is 5.71. The molecule has 0 radical (unpaired) electrons. The highest BCUT2D eigenvalue weighted by Gasteiger charge is 2.23. The molecule has 1 atom stereocenters. The van der Waals surface area contributed by atoms with Crippen LogP contribution >= 0.6 is 0 Å². The van der Waals surface area contributed by atoms with Crippen LogP contribution in [0.5, 0.6) is 5.75 Å². The number of ether oxygens (including phenoxy) is 1. The largest absolute Gasteiger partial charge is 0.490 e. The summed E-state index contributed by atoms with van der Waals surface area (Å²) in [6, 6.07) is 17.7. The minimum atomic E-state index is 0.438. The van der Waals surface area contributed by atoms with E-state index < -0.39 is 0 Å². The van der Waals surface area contributed by atoms with Crippen molar-refractivity contribution in [3.05, 3.63) is 54.1 Å². The van der Waals surface area contributed by atoms with E-state index in [-0.39, 0.29) is 0 Å². The number of hydrogen-bond donors (Lipinski definition) is 1. The fourth-order valence-electron chi connectivity index (χ4n) is 2.62. The first-order valence-corrected chi connectivity index (χ1v) is 7.84. The van der Waals surface area contributed by atoms with Crippen LogP contribution in [0, 0.1) is 0 Å². The van der Waals surface area contributed by atoms with Crippen molar-refractivity contribution >= 4 is 0 Å². The van der Waals surface area contributed by atoms with Crippen LogP contribution in [0.2, 0.25) is 0 Å². The van der Waals surface area contributed by atoms with Crippen LogP contribution in [0.25, 0.3) is 11.1 Å². The molecule has 1 aliphatic rings. The molecule has 2 heteroatoms. The summed E-state index contributed by atoms with van der Waals surface area (Å²) in [7, 11) is 2.01. The topological polar surface area (TPSA) is 21.3 Å². The van der Waals surface area contributed by atoms with Gasteiger partial charge in [0.25, 0.3) is 0 Å². The van der Waals surface area contributed by atoms with E-state index in [4.69, 9.17) is 4.74 Å². The minimum absolute atomic E-state index is 0.438. The fraction of sp³-hybridized carbons (Fsp3) is 0.368. The zero-order valence-corrected chi connectivity index (χ0v) is 12.8. The molecule has 1 N–H and O–H groups in total. The van der Waals surface area contributed by atoms with Gasteiger partial charge in [-0.3, -0.25) is 0 Å². The van der Waals surface area contributed by atoms with Crippen LogP contribution in [0.15, 0.2) is 48.5 Å². The van der Waals surface area contributed by atoms with Crippen molar-refractivity contribution in [1.29, 1.82) is 0 Å². The van der Waals surface area contributed by atoms with Crippen molar-refractivity contribution in [3.8, 4) is 16.9 Å². The molecule has 0 amide bonds. The molecule has 0 heterocycles. The van der Waals surface area contributed by atoms with Crippen LogP contribution in [0.3, 0.4) is 0 Å². The Labute approximate surface area is 127 Å². The Kier molecular flexibility index (Phi) is 4.26. The van der Waals surface area contributed by atoms with E-state index in [9.17, 15) is 0 Å². The summed E-state index contributed by atoms with van der Waals surface area (Å²) in [4.78, 5) is 0. The van der Waals surface area contributed by atoms with Crippen molar-refractivity contribution in [1.82, 2.24) is 5.32 Å². The fourth-order valence-corrected chi connectivity index (χ4v) is 2.62. The summed E-state index contributed by atoms with van der Waals surface area (Å²) in [6.45, 7) is 2.20. The van der Waals surface area contributed by atoms with E-state index in [0.717, 1.165) is 12.2 Å². The molecule has 110 valence electrons. The molecule has 0 aromatic heterocycles. The summed E-state index contributed by atoms with van der Waals surface area (Å²) in [5.41, 5.74) is 3.84. The average Bonchev–Trinajstić information content (AvgIpc) is 3.34. The molecule has 1 saturated carbocycles. The smallest absolute Gasteiger partial charge is 0.119 e. The molecule has 1 aliphatic carbocycles. The molecule has 1 fully saturated rings. The Morgan fingerprint density at radius 2 is 1.57 bits per heavy atom. The Balaban J connectivity index is 1.73. The minimum Gasteiger partial charge on any atom is -0.490 e. The van der Waals surface area contributed by atoms with E-state index in [2.05, 4.69) is 60.8 Å². The summed E-state index contributed by atoms with van der Waals surface area (Å²) < 4.78 is 5.79. The second kappa shape index (κ2) is 6.31. The molecule has 2 aromatic carbocycles. The van der Waals surface area contributed by atoms with E-state index in [0.29, 0.717) is 12.1 Å². The Morgan fingerprint density at radius 3 is 2.05 bits per heavy atom. The predicted molar refractivity (Wildman–Crippen MR) is 87.6 cm³/mol. The molecule has 1 unspecified atom stereocenters. The summed E-state index contributed by atoms with van der Waals surface area (Å²) in [5, 5.41) is 3.34. The van der Waals surface area contributed by atoms with Crippen LogP contribution in [0.1, 0.15) is 37.8 Å². The van der Waals surface area contributed by atoms with Gasteiger partial charge in [-0.25, -0.2) is 0 Å². The third-order valence-electron chi connectivity index (χ3n) is 4.08. The molecule has 21 heavy (non-hydrogen) atoms. The summed E-state index contributed by atoms with van der Waals surface area (Å²) in [6.07, 6.45) is 3.96. The molecule has 2 nitrogen and oxygen atoms in total. The highest BCUT2D eigenvalue weighted by Crippen LogP contribution is 2.29. The number of benzene rings is 2. The Hall–Kier alpha value is -1.80. The van der Waals surface area contributed by atoms with Gasteiger partial charge in [0.1, 0.15) is 5.75 Å². The van der Waals surface area contributed by atoms with Crippen LogP contribution < -0.4 is 10.1 Å². The van der Waals surface area contributed by atoms with Gasteiger partial charge in [0.15, 0.2) is 0 Å². The van der Waals surface area contributed by atoms with Crippen molar-refractivity contribution in [2.75, 3.05) is 7.05 Å². The first-order valence-electron chi connectivity index (χ1n) is 7.84. The Morgan fingerprint density at radius 1 is 1.00 bits per heavy atom. The zero-order chi connectivity index (χ0) is 14.7. The van der Waals surface area contributed by atoms with Gasteiger partial charge < -0.3 is 10.1 Å². The lowest BCUT2D eigenvalue weighted by Crippen LogP contribution is -2.14. The van der Waals surface area contributed by atoms with Gasteiger partial charge in [-0.05, 0) is 55.1 Å². The van der Waals surface area contributed by atoms with Gasteiger partial charge >= 0.3 is 0 Å². The number of rotatable bonds is 6. The maximum Gasteiger partial charge on any atom is 0.119 e. The van der Waals surface area contributed by atoms with E-state index in [1.54, 1.807) is 0 Å². The summed E-state index contributed by atoms with van der Waals surface area (Å²) in [5.74, 6) is 0.985. The highest BCUT2D eigenvalue weighted by atomic mass is 16.5. The van der Waals surface area contributed by atoms with Crippen LogP contribution in [-0.2, 0) is 0 Å². The van der Waals surface area contributed by atoms with Crippen molar-refractivity contribution < 1.29 is 4.74 Å². The molecule has 0 bridgehead atoms. The molecular weight excluding hydrogens is 258 g/mol. The molecule has 0 spiro atoms. The first-order chi connectivity index (χ1) is 10.3. The second-order valence-corrected chi connectivity index (χ2v) is 5.71. The summed E-state index contributed by atoms with van der Waals surface area (Å²) >= 11 is 0. The maximum atomic E-state index is 5.79. The monoisotopic (exact) mass is 281 g/mol. The average molecular weight is 281 g/mol. The standard InChI is InChI=1S/C19H23NO/c1-3-19(20-2)16-6-4-14(5-7-16)15-8-10-17(11-9-15)21-18-12-13-18/h4-11,18-20H,3,12-13H2,1-2H3. The molecule has 3 rings (SSSR count). The van der Waals surface area contributed by atoms with E-state index >= 15 is 0 Å². The van der Waals surface area contributed by atoms with Gasteiger partial charge in [-0.2, -0.15) is 0 Å². The third kappa shape index (κ3) is 3.45. The van der Waals surface area contributed by atoms with E-state index in [1.165, 1.54) is 29.5 Å². The highest BCUT2D eigenvalue weighted by molar-refractivity contribution is 5.64. The lowest BCUT2D eigenvalue weighted by Gasteiger charge is -2.14. The van der Waals surface area contributed by atoms with Gasteiger partial charge in [0.05, 0.1) is 6.10 Å². The molecular formula is C19H23NO. The van der Waals surface area contributed by atoms with E-state index in [1.807, 2.05) is 7.05 Å². The van der Waals surface area contributed by atoms with Crippen molar-refractivity contribution in [3.63, 3.8) is 0 Å². The van der Waals surface area contributed by atoms with Crippen molar-refractivity contribution in [2.45, 2.75) is 38.3 Å². The van der Waals surface area contributed by atoms with Gasteiger partial charge in [0, 0.05) is 6.04 Å². The zero-order valence-electron chi connectivity index (χ0n) is 12.8. The van der Waals surface area contributed by atoms with Gasteiger partial charge in [-0.15, -0.1) is 0 Å². The quantitative estimate of drug-likeness (QED) is 0.837. The van der Waals surface area contributed by atoms with Crippen molar-refractivity contribution in [2.24, 2.45) is 0 Å². The number of nitrogens with one attached hydrogen (secondary N) is 1. The van der Waals surface area contributed by atoms with Gasteiger partial charge in [-0.1, -0.05) is 43.3 Å². The number of hydrogen-bond acceptors (Lipinski definition) is 2. The predicted octanol–water partition coefficient (Wildman–Crippen LogP) is 4.57. The maximum absolute atomic E-state index is 5.79. The molecule has 0 aliphatic heterocycles. The Bertz CT molecular complexity index is 566.